The van der Waals surface area contributed by atoms with E-state index in [2.05, 4.69) is 10.5 Å². The van der Waals surface area contributed by atoms with E-state index in [4.69, 9.17) is 5.73 Å². The van der Waals surface area contributed by atoms with Crippen LogP contribution in [0.4, 0.5) is 0 Å². The van der Waals surface area contributed by atoms with Gasteiger partial charge in [0.25, 0.3) is 0 Å². The normalized spacial score (nSPS) is 19.6. The lowest BCUT2D eigenvalue weighted by atomic mass is 10.4. The standard InChI is InChI=1S/C5H13N5/c1-4(2)10-8-5(6)7-9(10)3/h4H,1-3H3,(H3,6,7,8). The zero-order valence-electron chi connectivity index (χ0n) is 6.50. The lowest BCUT2D eigenvalue weighted by Gasteiger charge is -2.24. The molecule has 1 aliphatic heterocycles. The molecular formula is C5H13N5. The summed E-state index contributed by atoms with van der Waals surface area (Å²) in [6.45, 7) is 4.08. The first kappa shape index (κ1) is 7.14. The van der Waals surface area contributed by atoms with E-state index in [1.165, 1.54) is 0 Å². The van der Waals surface area contributed by atoms with Crippen LogP contribution in [0.3, 0.4) is 0 Å². The molecule has 1 heterocycles. The van der Waals surface area contributed by atoms with Gasteiger partial charge in [-0.15, -0.1) is 10.2 Å². The van der Waals surface area contributed by atoms with Crippen molar-refractivity contribution in [2.75, 3.05) is 7.05 Å². The maximum atomic E-state index is 5.41. The highest BCUT2D eigenvalue weighted by atomic mass is 15.9. The molecule has 0 aromatic heterocycles. The molecule has 0 radical (unpaired) electrons. The highest BCUT2D eigenvalue weighted by molar-refractivity contribution is 5.77. The molecule has 5 nitrogen and oxygen atoms in total. The van der Waals surface area contributed by atoms with Crippen molar-refractivity contribution in [2.24, 2.45) is 10.8 Å². The van der Waals surface area contributed by atoms with Crippen LogP contribution >= 0.6 is 0 Å². The van der Waals surface area contributed by atoms with Gasteiger partial charge in [0.1, 0.15) is 0 Å². The van der Waals surface area contributed by atoms with Gasteiger partial charge in [0.15, 0.2) is 0 Å². The topological polar surface area (TPSA) is 56.9 Å². The third-order valence-electron chi connectivity index (χ3n) is 1.26. The Kier molecular flexibility index (Phi) is 1.67. The fourth-order valence-electron chi connectivity index (χ4n) is 0.879. The molecular weight excluding hydrogens is 130 g/mol. The molecule has 0 amide bonds. The summed E-state index contributed by atoms with van der Waals surface area (Å²) in [7, 11) is 1.86. The SMILES string of the molecule is CC(C)N1N=C(N)NN1C. The summed E-state index contributed by atoms with van der Waals surface area (Å²) in [5.74, 6) is 0.441. The molecule has 0 saturated carbocycles. The van der Waals surface area contributed by atoms with Crippen LogP contribution in [0.1, 0.15) is 13.8 Å². The van der Waals surface area contributed by atoms with Crippen molar-refractivity contribution in [1.82, 2.24) is 15.7 Å². The van der Waals surface area contributed by atoms with Crippen LogP contribution in [0.25, 0.3) is 0 Å². The third kappa shape index (κ3) is 1.13. The van der Waals surface area contributed by atoms with Crippen LogP contribution in [-0.2, 0) is 0 Å². The summed E-state index contributed by atoms with van der Waals surface area (Å²) in [4.78, 5) is 0. The lowest BCUT2D eigenvalue weighted by molar-refractivity contribution is -0.0281. The molecule has 58 valence electrons. The molecule has 0 aromatic carbocycles. The maximum absolute atomic E-state index is 5.41. The number of guanidine groups is 1. The fourth-order valence-corrected chi connectivity index (χ4v) is 0.879. The second-order valence-corrected chi connectivity index (χ2v) is 2.53. The molecule has 0 spiro atoms. The summed E-state index contributed by atoms with van der Waals surface area (Å²) in [6, 6.07) is 0.332. The summed E-state index contributed by atoms with van der Waals surface area (Å²) in [5.41, 5.74) is 8.24. The third-order valence-corrected chi connectivity index (χ3v) is 1.26. The van der Waals surface area contributed by atoms with E-state index in [0.717, 1.165) is 0 Å². The van der Waals surface area contributed by atoms with E-state index in [-0.39, 0.29) is 0 Å². The molecule has 1 rings (SSSR count). The first-order chi connectivity index (χ1) is 4.61. The average Bonchev–Trinajstić information content (AvgIpc) is 2.10. The molecule has 0 bridgehead atoms. The van der Waals surface area contributed by atoms with Crippen LogP contribution in [0, 0.1) is 0 Å². The molecule has 5 heteroatoms. The van der Waals surface area contributed by atoms with Crippen molar-refractivity contribution >= 4 is 5.96 Å². The predicted octanol–water partition coefficient (Wildman–Crippen LogP) is -0.708. The Balaban J connectivity index is 2.60. The van der Waals surface area contributed by atoms with Gasteiger partial charge in [-0.05, 0) is 13.8 Å². The van der Waals surface area contributed by atoms with E-state index in [1.54, 1.807) is 10.2 Å². The Hall–Kier alpha value is -0.970. The minimum Gasteiger partial charge on any atom is -0.367 e. The van der Waals surface area contributed by atoms with Gasteiger partial charge in [-0.2, -0.15) is 0 Å². The van der Waals surface area contributed by atoms with Gasteiger partial charge >= 0.3 is 0 Å². The predicted molar refractivity (Wildman–Crippen MR) is 39.5 cm³/mol. The highest BCUT2D eigenvalue weighted by Gasteiger charge is 2.19. The molecule has 0 aliphatic carbocycles. The monoisotopic (exact) mass is 143 g/mol. The number of nitrogens with one attached hydrogen (secondary N) is 1. The van der Waals surface area contributed by atoms with E-state index in [1.807, 2.05) is 20.9 Å². The van der Waals surface area contributed by atoms with Crippen LogP contribution in [0.5, 0.6) is 0 Å². The van der Waals surface area contributed by atoms with Gasteiger partial charge in [-0.3, -0.25) is 5.43 Å². The first-order valence-corrected chi connectivity index (χ1v) is 3.25. The second-order valence-electron chi connectivity index (χ2n) is 2.53. The van der Waals surface area contributed by atoms with Crippen LogP contribution in [-0.4, -0.2) is 29.3 Å². The second kappa shape index (κ2) is 2.34. The molecule has 0 atom stereocenters. The fraction of sp³-hybridized carbons (Fsp3) is 0.800. The van der Waals surface area contributed by atoms with Gasteiger partial charge in [-0.1, -0.05) is 0 Å². The zero-order chi connectivity index (χ0) is 7.72. The van der Waals surface area contributed by atoms with Crippen LogP contribution < -0.4 is 11.2 Å². The number of nitrogens with zero attached hydrogens (tertiary/aromatic N) is 3. The smallest absolute Gasteiger partial charge is 0.229 e. The van der Waals surface area contributed by atoms with Gasteiger partial charge in [0.2, 0.25) is 5.96 Å². The van der Waals surface area contributed by atoms with Crippen molar-refractivity contribution in [2.45, 2.75) is 19.9 Å². The minimum absolute atomic E-state index is 0.332. The van der Waals surface area contributed by atoms with E-state index >= 15 is 0 Å². The summed E-state index contributed by atoms with van der Waals surface area (Å²) in [6.07, 6.45) is 0. The molecule has 3 N–H and O–H groups in total. The van der Waals surface area contributed by atoms with Gasteiger partial charge in [0, 0.05) is 7.05 Å². The van der Waals surface area contributed by atoms with Gasteiger partial charge in [-0.25, -0.2) is 5.12 Å². The first-order valence-electron chi connectivity index (χ1n) is 3.25. The molecule has 0 unspecified atom stereocenters. The molecule has 1 aliphatic rings. The summed E-state index contributed by atoms with van der Waals surface area (Å²) < 4.78 is 0. The highest BCUT2D eigenvalue weighted by Crippen LogP contribution is 2.04. The van der Waals surface area contributed by atoms with Gasteiger partial charge in [0.05, 0.1) is 6.04 Å². The number of hydrazine groups is 2. The lowest BCUT2D eigenvalue weighted by Crippen LogP contribution is -2.44. The van der Waals surface area contributed by atoms with Crippen molar-refractivity contribution in [3.8, 4) is 0 Å². The molecule has 0 saturated heterocycles. The number of hydrogen-bond donors (Lipinski definition) is 2. The van der Waals surface area contributed by atoms with Crippen molar-refractivity contribution in [3.63, 3.8) is 0 Å². The van der Waals surface area contributed by atoms with E-state index in [0.29, 0.717) is 12.0 Å². The number of nitrogens with two attached hydrogens (primary N) is 1. The summed E-state index contributed by atoms with van der Waals surface area (Å²) >= 11 is 0. The Morgan fingerprint density at radius 3 is 2.40 bits per heavy atom. The molecule has 10 heavy (non-hydrogen) atoms. The van der Waals surface area contributed by atoms with Gasteiger partial charge < -0.3 is 5.73 Å². The van der Waals surface area contributed by atoms with Crippen molar-refractivity contribution < 1.29 is 0 Å². The van der Waals surface area contributed by atoms with Crippen molar-refractivity contribution in [3.05, 3.63) is 0 Å². The quantitative estimate of drug-likeness (QED) is 0.509. The van der Waals surface area contributed by atoms with Crippen LogP contribution in [0.15, 0.2) is 5.10 Å². The Morgan fingerprint density at radius 1 is 1.60 bits per heavy atom. The number of hydrazone groups is 1. The summed E-state index contributed by atoms with van der Waals surface area (Å²) in [5, 5.41) is 7.53. The van der Waals surface area contributed by atoms with Crippen LogP contribution in [0.2, 0.25) is 0 Å². The molecule has 0 fully saturated rings. The van der Waals surface area contributed by atoms with E-state index < -0.39 is 0 Å². The minimum atomic E-state index is 0.332. The maximum Gasteiger partial charge on any atom is 0.229 e. The Labute approximate surface area is 60.4 Å². The molecule has 0 aromatic rings. The zero-order valence-corrected chi connectivity index (χ0v) is 6.50. The van der Waals surface area contributed by atoms with Crippen molar-refractivity contribution in [1.29, 1.82) is 0 Å². The largest absolute Gasteiger partial charge is 0.367 e. The average molecular weight is 143 g/mol. The Bertz CT molecular complexity index is 152. The van der Waals surface area contributed by atoms with E-state index in [9.17, 15) is 0 Å². The number of rotatable bonds is 1. The Morgan fingerprint density at radius 2 is 2.20 bits per heavy atom. The number of hydrogen-bond acceptors (Lipinski definition) is 5.